The Balaban J connectivity index is 2.12. The molecule has 0 aromatic carbocycles. The van der Waals surface area contributed by atoms with E-state index in [1.807, 2.05) is 0 Å². The second-order valence-electron chi connectivity index (χ2n) is 4.59. The van der Waals surface area contributed by atoms with Crippen LogP contribution < -0.4 is 10.1 Å². The van der Waals surface area contributed by atoms with Gasteiger partial charge in [0.15, 0.2) is 6.61 Å². The minimum absolute atomic E-state index is 0.00620. The summed E-state index contributed by atoms with van der Waals surface area (Å²) in [7, 11) is 1.21. The lowest BCUT2D eigenvalue weighted by molar-refractivity contribution is -0.143. The van der Waals surface area contributed by atoms with Crippen LogP contribution in [0.1, 0.15) is 12.8 Å². The molecule has 1 N–H and O–H groups in total. The highest BCUT2D eigenvalue weighted by Crippen LogP contribution is 2.37. The van der Waals surface area contributed by atoms with Crippen LogP contribution >= 0.6 is 23.2 Å². The molecule has 1 fully saturated rings. The number of hydrogen-bond acceptors (Lipinski definition) is 6. The predicted octanol–water partition coefficient (Wildman–Crippen LogP) is 2.67. The van der Waals surface area contributed by atoms with E-state index < -0.39 is 18.5 Å². The third-order valence-corrected chi connectivity index (χ3v) is 3.79. The monoisotopic (exact) mass is 352 g/mol. The summed E-state index contributed by atoms with van der Waals surface area (Å²) in [5.74, 6) is -1.81. The van der Waals surface area contributed by atoms with Gasteiger partial charge in [-0.25, -0.2) is 4.79 Å². The predicted molar refractivity (Wildman–Crippen MR) is 79.2 cm³/mol. The Bertz CT molecular complexity index is 553. The highest BCUT2D eigenvalue weighted by Gasteiger charge is 2.22. The zero-order chi connectivity index (χ0) is 16.1. The van der Waals surface area contributed by atoms with Gasteiger partial charge in [0.25, 0.3) is 0 Å². The molecule has 0 radical (unpaired) electrons. The van der Waals surface area contributed by atoms with Crippen LogP contribution in [0.3, 0.4) is 0 Å². The molecule has 9 heteroatoms. The minimum atomic E-state index is -0.944. The molecule has 1 unspecified atom stereocenters. The molecular formula is C13H15Cl2FN2O4. The molecule has 1 aliphatic rings. The Morgan fingerprint density at radius 2 is 2.27 bits per heavy atom. The largest absolute Gasteiger partial charge is 0.466 e. The molecule has 1 aromatic rings. The van der Waals surface area contributed by atoms with Gasteiger partial charge in [-0.2, -0.15) is 9.37 Å². The third-order valence-electron chi connectivity index (χ3n) is 3.09. The van der Waals surface area contributed by atoms with Crippen LogP contribution in [0.2, 0.25) is 10.0 Å². The standard InChI is InChI=1S/C13H15Cl2FN2O4/c1-20-8(19)6-22-13-10(15)11(9(14)12(16)18-13)17-5-7-3-2-4-21-7/h7H,2-6H2,1H3,(H,17,18). The van der Waals surface area contributed by atoms with E-state index in [4.69, 9.17) is 32.7 Å². The number of ether oxygens (including phenoxy) is 3. The lowest BCUT2D eigenvalue weighted by Gasteiger charge is -2.16. The number of nitrogens with zero attached hydrogens (tertiary/aromatic N) is 1. The van der Waals surface area contributed by atoms with Crippen molar-refractivity contribution < 1.29 is 23.4 Å². The molecule has 0 spiro atoms. The SMILES string of the molecule is COC(=O)COc1nc(F)c(Cl)c(NCC2CCCO2)c1Cl. The number of hydrogen-bond donors (Lipinski definition) is 1. The molecule has 1 aliphatic heterocycles. The summed E-state index contributed by atoms with van der Waals surface area (Å²) in [4.78, 5) is 14.5. The highest BCUT2D eigenvalue weighted by atomic mass is 35.5. The van der Waals surface area contributed by atoms with Crippen molar-refractivity contribution in [1.82, 2.24) is 4.98 Å². The molecule has 1 saturated heterocycles. The van der Waals surface area contributed by atoms with Crippen LogP contribution in [-0.2, 0) is 14.3 Å². The molecule has 0 amide bonds. The van der Waals surface area contributed by atoms with E-state index in [0.29, 0.717) is 13.2 Å². The quantitative estimate of drug-likeness (QED) is 0.626. The molecule has 0 saturated carbocycles. The van der Waals surface area contributed by atoms with Crippen molar-refractivity contribution in [2.75, 3.05) is 32.2 Å². The van der Waals surface area contributed by atoms with Gasteiger partial charge >= 0.3 is 5.97 Å². The van der Waals surface area contributed by atoms with Gasteiger partial charge in [0.2, 0.25) is 11.8 Å². The van der Waals surface area contributed by atoms with Gasteiger partial charge in [0.05, 0.1) is 18.9 Å². The van der Waals surface area contributed by atoms with Crippen molar-refractivity contribution >= 4 is 34.9 Å². The third kappa shape index (κ3) is 4.12. The molecule has 1 atom stereocenters. The number of anilines is 1. The van der Waals surface area contributed by atoms with Crippen molar-refractivity contribution in [2.45, 2.75) is 18.9 Å². The van der Waals surface area contributed by atoms with E-state index >= 15 is 0 Å². The van der Waals surface area contributed by atoms with Gasteiger partial charge in [-0.1, -0.05) is 23.2 Å². The Kier molecular flexibility index (Phi) is 6.05. The second kappa shape index (κ2) is 7.80. The van der Waals surface area contributed by atoms with Gasteiger partial charge < -0.3 is 19.5 Å². The number of methoxy groups -OCH3 is 1. The van der Waals surface area contributed by atoms with Gasteiger partial charge in [0.1, 0.15) is 10.0 Å². The fraction of sp³-hybridized carbons (Fsp3) is 0.538. The zero-order valence-corrected chi connectivity index (χ0v) is 13.3. The van der Waals surface area contributed by atoms with Crippen molar-refractivity contribution in [2.24, 2.45) is 0 Å². The number of carbonyl (C=O) groups is 1. The fourth-order valence-corrected chi connectivity index (χ4v) is 2.46. The molecule has 1 aromatic heterocycles. The van der Waals surface area contributed by atoms with Crippen LogP contribution in [-0.4, -0.2) is 43.9 Å². The summed E-state index contributed by atoms with van der Waals surface area (Å²) in [6.45, 7) is 0.695. The van der Waals surface area contributed by atoms with Crippen LogP contribution in [0.15, 0.2) is 0 Å². The van der Waals surface area contributed by atoms with Crippen molar-refractivity contribution in [3.05, 3.63) is 16.0 Å². The second-order valence-corrected chi connectivity index (χ2v) is 5.35. The number of pyridine rings is 1. The average Bonchev–Trinajstić information content (AvgIpc) is 3.02. The molecule has 2 rings (SSSR count). The Morgan fingerprint density at radius 1 is 1.50 bits per heavy atom. The number of esters is 1. The summed E-state index contributed by atoms with van der Waals surface area (Å²) >= 11 is 12.0. The molecule has 22 heavy (non-hydrogen) atoms. The first-order valence-corrected chi connectivity index (χ1v) is 7.38. The number of halogens is 3. The average molecular weight is 353 g/mol. The maximum atomic E-state index is 13.8. The summed E-state index contributed by atoms with van der Waals surface area (Å²) < 4.78 is 28.7. The normalized spacial score (nSPS) is 17.4. The first-order chi connectivity index (χ1) is 10.5. The lowest BCUT2D eigenvalue weighted by Crippen LogP contribution is -2.19. The molecule has 122 valence electrons. The maximum Gasteiger partial charge on any atom is 0.343 e. The Morgan fingerprint density at radius 3 is 2.91 bits per heavy atom. The molecule has 2 heterocycles. The number of nitrogens with one attached hydrogen (secondary N) is 1. The smallest absolute Gasteiger partial charge is 0.343 e. The molecule has 0 aliphatic carbocycles. The molecule has 0 bridgehead atoms. The Labute approximate surface area is 136 Å². The number of carbonyl (C=O) groups excluding carboxylic acids is 1. The van der Waals surface area contributed by atoms with Crippen molar-refractivity contribution in [3.8, 4) is 5.88 Å². The first kappa shape index (κ1) is 17.1. The van der Waals surface area contributed by atoms with E-state index in [2.05, 4.69) is 15.0 Å². The summed E-state index contributed by atoms with van der Waals surface area (Å²) in [5, 5.41) is 2.69. The first-order valence-electron chi connectivity index (χ1n) is 6.62. The number of aromatic nitrogens is 1. The summed E-state index contributed by atoms with van der Waals surface area (Å²) in [6.07, 6.45) is 1.90. The maximum absolute atomic E-state index is 13.8. The zero-order valence-electron chi connectivity index (χ0n) is 11.8. The van der Waals surface area contributed by atoms with Crippen molar-refractivity contribution in [3.63, 3.8) is 0 Å². The summed E-state index contributed by atoms with van der Waals surface area (Å²) in [5.41, 5.74) is 0.159. The van der Waals surface area contributed by atoms with Crippen molar-refractivity contribution in [1.29, 1.82) is 0 Å². The lowest BCUT2D eigenvalue weighted by atomic mass is 10.2. The van der Waals surface area contributed by atoms with Gasteiger partial charge in [0, 0.05) is 13.2 Å². The van der Waals surface area contributed by atoms with Gasteiger partial charge in [-0.15, -0.1) is 0 Å². The van der Waals surface area contributed by atoms with Crippen LogP contribution in [0.4, 0.5) is 10.1 Å². The van der Waals surface area contributed by atoms with Crippen LogP contribution in [0.25, 0.3) is 0 Å². The van der Waals surface area contributed by atoms with E-state index in [1.54, 1.807) is 0 Å². The van der Waals surface area contributed by atoms with Crippen LogP contribution in [0, 0.1) is 5.95 Å². The molecule has 6 nitrogen and oxygen atoms in total. The summed E-state index contributed by atoms with van der Waals surface area (Å²) in [6, 6.07) is 0. The minimum Gasteiger partial charge on any atom is -0.466 e. The fourth-order valence-electron chi connectivity index (χ4n) is 1.95. The van der Waals surface area contributed by atoms with E-state index in [0.717, 1.165) is 12.8 Å². The van der Waals surface area contributed by atoms with Crippen LogP contribution in [0.5, 0.6) is 5.88 Å². The van der Waals surface area contributed by atoms with E-state index in [9.17, 15) is 9.18 Å². The highest BCUT2D eigenvalue weighted by molar-refractivity contribution is 6.39. The molecular weight excluding hydrogens is 338 g/mol. The van der Waals surface area contributed by atoms with E-state index in [-0.39, 0.29) is 27.7 Å². The van der Waals surface area contributed by atoms with Gasteiger partial charge in [-0.05, 0) is 12.8 Å². The van der Waals surface area contributed by atoms with E-state index in [1.165, 1.54) is 7.11 Å². The van der Waals surface area contributed by atoms with Gasteiger partial charge in [-0.3, -0.25) is 0 Å². The number of rotatable bonds is 6. The topological polar surface area (TPSA) is 69.7 Å². The Hall–Kier alpha value is -1.31.